The van der Waals surface area contributed by atoms with E-state index >= 15 is 0 Å². The predicted molar refractivity (Wildman–Crippen MR) is 63.0 cm³/mol. The van der Waals surface area contributed by atoms with Crippen molar-refractivity contribution in [3.63, 3.8) is 0 Å². The van der Waals surface area contributed by atoms with Crippen molar-refractivity contribution in [1.82, 2.24) is 5.32 Å². The summed E-state index contributed by atoms with van der Waals surface area (Å²) in [4.78, 5) is 0. The largest absolute Gasteiger partial charge is 0.496 e. The van der Waals surface area contributed by atoms with Crippen molar-refractivity contribution in [3.05, 3.63) is 28.3 Å². The fraction of sp³-hybridized carbons (Fsp3) is 0.500. The van der Waals surface area contributed by atoms with Gasteiger partial charge in [0, 0.05) is 17.1 Å². The summed E-state index contributed by atoms with van der Waals surface area (Å²) in [6.45, 7) is 4.12. The molecule has 0 aliphatic carbocycles. The summed E-state index contributed by atoms with van der Waals surface area (Å²) in [5.74, 6) is 1.47. The van der Waals surface area contributed by atoms with Crippen LogP contribution in [0.5, 0.6) is 5.75 Å². The normalized spacial score (nSPS) is 20.6. The van der Waals surface area contributed by atoms with Gasteiger partial charge in [-0.1, -0.05) is 11.6 Å². The van der Waals surface area contributed by atoms with Crippen LogP contribution in [-0.2, 0) is 0 Å². The molecule has 1 aromatic rings. The van der Waals surface area contributed by atoms with Crippen molar-refractivity contribution in [2.24, 2.45) is 0 Å². The Hall–Kier alpha value is -0.730. The Balaban J connectivity index is 2.35. The Labute approximate surface area is 95.6 Å². The standard InChI is InChI=1S/C12H16ClNO/c1-8-11(13)5-10(6-12(8)15-2)9-3-4-14-7-9/h5-6,9,14H,3-4,7H2,1-2H3. The Kier molecular flexibility index (Phi) is 3.17. The number of hydrogen-bond donors (Lipinski definition) is 1. The second-order valence-electron chi connectivity index (χ2n) is 4.02. The van der Waals surface area contributed by atoms with Gasteiger partial charge in [-0.25, -0.2) is 0 Å². The second kappa shape index (κ2) is 4.42. The molecule has 2 rings (SSSR count). The zero-order valence-electron chi connectivity index (χ0n) is 9.14. The molecule has 82 valence electrons. The van der Waals surface area contributed by atoms with Crippen molar-refractivity contribution in [1.29, 1.82) is 0 Å². The van der Waals surface area contributed by atoms with E-state index in [1.54, 1.807) is 7.11 Å². The van der Waals surface area contributed by atoms with E-state index in [1.807, 2.05) is 6.92 Å². The van der Waals surface area contributed by atoms with E-state index in [9.17, 15) is 0 Å². The van der Waals surface area contributed by atoms with Crippen molar-refractivity contribution in [2.45, 2.75) is 19.3 Å². The molecule has 0 aromatic heterocycles. The van der Waals surface area contributed by atoms with Crippen LogP contribution in [0.1, 0.15) is 23.5 Å². The molecule has 1 aromatic carbocycles. The van der Waals surface area contributed by atoms with Crippen molar-refractivity contribution < 1.29 is 4.74 Å². The van der Waals surface area contributed by atoms with Crippen LogP contribution in [0.25, 0.3) is 0 Å². The first-order chi connectivity index (χ1) is 7.22. The molecule has 0 amide bonds. The first kappa shape index (κ1) is 10.8. The molecule has 1 atom stereocenters. The van der Waals surface area contributed by atoms with E-state index in [-0.39, 0.29) is 0 Å². The summed E-state index contributed by atoms with van der Waals surface area (Å²) in [7, 11) is 1.69. The van der Waals surface area contributed by atoms with Gasteiger partial charge in [0.1, 0.15) is 5.75 Å². The average Bonchev–Trinajstić information content (AvgIpc) is 2.75. The molecule has 1 unspecified atom stereocenters. The molecular weight excluding hydrogens is 210 g/mol. The minimum Gasteiger partial charge on any atom is -0.496 e. The second-order valence-corrected chi connectivity index (χ2v) is 4.43. The summed E-state index contributed by atoms with van der Waals surface area (Å²) in [5, 5.41) is 4.16. The van der Waals surface area contributed by atoms with Crippen molar-refractivity contribution in [3.8, 4) is 5.75 Å². The zero-order chi connectivity index (χ0) is 10.8. The molecule has 3 heteroatoms. The fourth-order valence-electron chi connectivity index (χ4n) is 2.06. The molecule has 0 saturated carbocycles. The van der Waals surface area contributed by atoms with Crippen LogP contribution in [0.2, 0.25) is 5.02 Å². The molecule has 0 radical (unpaired) electrons. The van der Waals surface area contributed by atoms with Gasteiger partial charge in [-0.2, -0.15) is 0 Å². The molecule has 2 nitrogen and oxygen atoms in total. The van der Waals surface area contributed by atoms with Crippen LogP contribution < -0.4 is 10.1 Å². The smallest absolute Gasteiger partial charge is 0.123 e. The monoisotopic (exact) mass is 225 g/mol. The lowest BCUT2D eigenvalue weighted by atomic mass is 9.97. The molecule has 1 heterocycles. The SMILES string of the molecule is COc1cc(C2CCNC2)cc(Cl)c1C. The maximum atomic E-state index is 6.18. The Morgan fingerprint density at radius 3 is 2.87 bits per heavy atom. The minimum atomic E-state index is 0.581. The van der Waals surface area contributed by atoms with Crippen LogP contribution in [0.3, 0.4) is 0 Å². The molecule has 15 heavy (non-hydrogen) atoms. The lowest BCUT2D eigenvalue weighted by Gasteiger charge is -2.13. The number of ether oxygens (including phenoxy) is 1. The van der Waals surface area contributed by atoms with Gasteiger partial charge in [0.05, 0.1) is 7.11 Å². The molecule has 1 aliphatic heterocycles. The Bertz CT molecular complexity index is 359. The van der Waals surface area contributed by atoms with E-state index in [0.29, 0.717) is 5.92 Å². The summed E-state index contributed by atoms with van der Waals surface area (Å²) < 4.78 is 5.32. The molecular formula is C12H16ClNO. The summed E-state index contributed by atoms with van der Waals surface area (Å²) in [6.07, 6.45) is 1.18. The number of nitrogens with one attached hydrogen (secondary N) is 1. The topological polar surface area (TPSA) is 21.3 Å². The van der Waals surface area contributed by atoms with Crippen LogP contribution in [0.15, 0.2) is 12.1 Å². The minimum absolute atomic E-state index is 0.581. The van der Waals surface area contributed by atoms with Crippen LogP contribution in [-0.4, -0.2) is 20.2 Å². The summed E-state index contributed by atoms with van der Waals surface area (Å²) in [5.41, 5.74) is 2.31. The van der Waals surface area contributed by atoms with Crippen LogP contribution >= 0.6 is 11.6 Å². The summed E-state index contributed by atoms with van der Waals surface area (Å²) in [6, 6.07) is 4.18. The highest BCUT2D eigenvalue weighted by Crippen LogP contribution is 2.32. The predicted octanol–water partition coefficient (Wildman–Crippen LogP) is 2.73. The number of hydrogen-bond acceptors (Lipinski definition) is 2. The molecule has 1 aliphatic rings. The third kappa shape index (κ3) is 2.11. The number of rotatable bonds is 2. The quantitative estimate of drug-likeness (QED) is 0.836. The van der Waals surface area contributed by atoms with Crippen LogP contribution in [0, 0.1) is 6.92 Å². The molecule has 1 N–H and O–H groups in total. The summed E-state index contributed by atoms with van der Waals surface area (Å²) >= 11 is 6.18. The van der Waals surface area contributed by atoms with Gasteiger partial charge in [-0.15, -0.1) is 0 Å². The molecule has 0 bridgehead atoms. The highest BCUT2D eigenvalue weighted by molar-refractivity contribution is 6.31. The number of benzene rings is 1. The van der Waals surface area contributed by atoms with Crippen LogP contribution in [0.4, 0.5) is 0 Å². The third-order valence-electron chi connectivity index (χ3n) is 3.07. The number of methoxy groups -OCH3 is 1. The van der Waals surface area contributed by atoms with Gasteiger partial charge < -0.3 is 10.1 Å². The number of halogens is 1. The third-order valence-corrected chi connectivity index (χ3v) is 3.46. The highest BCUT2D eigenvalue weighted by atomic mass is 35.5. The van der Waals surface area contributed by atoms with E-state index in [4.69, 9.17) is 16.3 Å². The molecule has 1 fully saturated rings. The fourth-order valence-corrected chi connectivity index (χ4v) is 2.28. The van der Waals surface area contributed by atoms with E-state index in [0.717, 1.165) is 29.4 Å². The maximum Gasteiger partial charge on any atom is 0.123 e. The van der Waals surface area contributed by atoms with Gasteiger partial charge in [0.2, 0.25) is 0 Å². The first-order valence-electron chi connectivity index (χ1n) is 5.27. The van der Waals surface area contributed by atoms with Gasteiger partial charge in [0.25, 0.3) is 0 Å². The average molecular weight is 226 g/mol. The Morgan fingerprint density at radius 1 is 1.47 bits per heavy atom. The lowest BCUT2D eigenvalue weighted by molar-refractivity contribution is 0.411. The van der Waals surface area contributed by atoms with Gasteiger partial charge in [0.15, 0.2) is 0 Å². The zero-order valence-corrected chi connectivity index (χ0v) is 9.90. The van der Waals surface area contributed by atoms with Crippen molar-refractivity contribution in [2.75, 3.05) is 20.2 Å². The highest BCUT2D eigenvalue weighted by Gasteiger charge is 2.18. The van der Waals surface area contributed by atoms with Gasteiger partial charge >= 0.3 is 0 Å². The maximum absolute atomic E-state index is 6.18. The van der Waals surface area contributed by atoms with Gasteiger partial charge in [-0.3, -0.25) is 0 Å². The van der Waals surface area contributed by atoms with Gasteiger partial charge in [-0.05, 0) is 43.5 Å². The van der Waals surface area contributed by atoms with E-state index in [1.165, 1.54) is 12.0 Å². The Morgan fingerprint density at radius 2 is 2.27 bits per heavy atom. The van der Waals surface area contributed by atoms with E-state index in [2.05, 4.69) is 17.4 Å². The molecule has 1 saturated heterocycles. The molecule has 0 spiro atoms. The first-order valence-corrected chi connectivity index (χ1v) is 5.65. The van der Waals surface area contributed by atoms with Crippen molar-refractivity contribution >= 4 is 11.6 Å². The van der Waals surface area contributed by atoms with E-state index < -0.39 is 0 Å². The lowest BCUT2D eigenvalue weighted by Crippen LogP contribution is -2.08.